The summed E-state index contributed by atoms with van der Waals surface area (Å²) in [6.07, 6.45) is -2.32. The number of rotatable bonds is 10. The van der Waals surface area contributed by atoms with Gasteiger partial charge >= 0.3 is 24.3 Å². The fourth-order valence-electron chi connectivity index (χ4n) is 4.82. The number of Topliss-reactive ketones (excluding diaryl/α,β-unsaturated/α-hetero) is 1. The first-order chi connectivity index (χ1) is 22.7. The Morgan fingerprint density at radius 2 is 1.61 bits per heavy atom. The smallest absolute Gasteiger partial charge is 0.475 e. The van der Waals surface area contributed by atoms with Crippen LogP contribution in [0.2, 0.25) is 5.02 Å². The summed E-state index contributed by atoms with van der Waals surface area (Å²) in [7, 11) is 2.10. The van der Waals surface area contributed by atoms with Gasteiger partial charge in [0.05, 0.1) is 22.8 Å². The van der Waals surface area contributed by atoms with Crippen LogP contribution in [0.3, 0.4) is 0 Å². The summed E-state index contributed by atoms with van der Waals surface area (Å²) in [6.45, 7) is 5.65. The molecule has 1 aliphatic heterocycles. The minimum Gasteiger partial charge on any atom is -0.475 e. The molecule has 18 heteroatoms. The highest BCUT2D eigenvalue weighted by molar-refractivity contribution is 7.22. The lowest BCUT2D eigenvalue weighted by molar-refractivity contribution is -0.193. The predicted octanol–water partition coefficient (Wildman–Crippen LogP) is 7.56. The molecule has 0 aliphatic carbocycles. The summed E-state index contributed by atoms with van der Waals surface area (Å²) in [5.74, 6) is -4.32. The number of carbonyl (C=O) groups excluding carboxylic acids is 2. The van der Waals surface area contributed by atoms with Gasteiger partial charge in [-0.15, -0.1) is 11.3 Å². The number of thiophene rings is 1. The number of hydrogen-bond donors (Lipinski definition) is 4. The van der Waals surface area contributed by atoms with Crippen molar-refractivity contribution in [3.05, 3.63) is 40.8 Å². The Bertz CT molecular complexity index is 1560. The largest absolute Gasteiger partial charge is 0.490 e. The van der Waals surface area contributed by atoms with Crippen LogP contribution < -0.4 is 5.32 Å². The number of benzene rings is 1. The van der Waals surface area contributed by atoms with Crippen LogP contribution in [0.4, 0.5) is 26.3 Å². The molecular weight excluding hydrogens is 706 g/mol. The van der Waals surface area contributed by atoms with Crippen LogP contribution in [-0.2, 0) is 19.2 Å². The normalized spacial score (nSPS) is 14.7. The number of carboxylic acids is 2. The summed E-state index contributed by atoms with van der Waals surface area (Å²) in [4.78, 5) is 53.8. The highest BCUT2D eigenvalue weighted by Crippen LogP contribution is 2.39. The molecule has 272 valence electrons. The number of likely N-dealkylation sites (tertiary alicyclic amines) is 1. The number of unbranched alkanes of at least 4 members (excludes halogenated alkanes) is 2. The average molecular weight is 743 g/mol. The molecule has 1 amide bonds. The van der Waals surface area contributed by atoms with E-state index in [4.69, 9.17) is 36.4 Å². The number of imidazole rings is 1. The van der Waals surface area contributed by atoms with Crippen LogP contribution in [0.5, 0.6) is 0 Å². The zero-order chi connectivity index (χ0) is 37.1. The second kappa shape index (κ2) is 18.3. The van der Waals surface area contributed by atoms with Gasteiger partial charge in [0, 0.05) is 22.1 Å². The third-order valence-corrected chi connectivity index (χ3v) is 9.02. The molecule has 3 heterocycles. The molecule has 0 unspecified atom stereocenters. The number of aryl methyl sites for hydroxylation is 1. The number of hydrogen-bond acceptors (Lipinski definition) is 7. The molecule has 2 aromatic heterocycles. The lowest BCUT2D eigenvalue weighted by Gasteiger charge is -2.29. The fourth-order valence-corrected chi connectivity index (χ4v) is 6.14. The number of H-pyrrole nitrogens is 1. The van der Waals surface area contributed by atoms with Gasteiger partial charge < -0.3 is 30.2 Å². The number of carboxylic acid groups (broad SMARTS) is 2. The van der Waals surface area contributed by atoms with E-state index in [2.05, 4.69) is 35.2 Å². The Morgan fingerprint density at radius 3 is 2.14 bits per heavy atom. The van der Waals surface area contributed by atoms with E-state index in [1.165, 1.54) is 10.3 Å². The molecule has 0 bridgehead atoms. The van der Waals surface area contributed by atoms with E-state index < -0.39 is 24.3 Å². The zero-order valence-electron chi connectivity index (χ0n) is 26.8. The summed E-state index contributed by atoms with van der Waals surface area (Å²) in [6, 6.07) is 5.82. The van der Waals surface area contributed by atoms with E-state index in [-0.39, 0.29) is 23.7 Å². The quantitative estimate of drug-likeness (QED) is 0.123. The summed E-state index contributed by atoms with van der Waals surface area (Å²) < 4.78 is 64.7. The van der Waals surface area contributed by atoms with Crippen molar-refractivity contribution >= 4 is 56.7 Å². The van der Waals surface area contributed by atoms with Crippen LogP contribution in [0.15, 0.2) is 24.4 Å². The van der Waals surface area contributed by atoms with E-state index in [1.807, 2.05) is 18.3 Å². The van der Waals surface area contributed by atoms with Gasteiger partial charge in [0.1, 0.15) is 11.6 Å². The number of carbonyl (C=O) groups is 4. The van der Waals surface area contributed by atoms with Gasteiger partial charge in [-0.25, -0.2) is 14.6 Å². The van der Waals surface area contributed by atoms with Gasteiger partial charge in [-0.2, -0.15) is 26.3 Å². The van der Waals surface area contributed by atoms with Crippen molar-refractivity contribution in [2.75, 3.05) is 20.1 Å². The van der Waals surface area contributed by atoms with Crippen LogP contribution in [0.1, 0.15) is 69.3 Å². The molecule has 0 saturated carbocycles. The van der Waals surface area contributed by atoms with Gasteiger partial charge in [-0.05, 0) is 88.8 Å². The summed E-state index contributed by atoms with van der Waals surface area (Å²) in [5, 5.41) is 19.4. The Morgan fingerprint density at radius 1 is 1.04 bits per heavy atom. The summed E-state index contributed by atoms with van der Waals surface area (Å²) >= 11 is 7.94. The van der Waals surface area contributed by atoms with E-state index in [0.29, 0.717) is 6.42 Å². The fraction of sp³-hybridized carbons (Fsp3) is 0.516. The van der Waals surface area contributed by atoms with Crippen molar-refractivity contribution in [2.45, 2.75) is 77.2 Å². The van der Waals surface area contributed by atoms with Gasteiger partial charge in [-0.3, -0.25) is 4.79 Å². The molecule has 10 nitrogen and oxygen atoms in total. The molecule has 49 heavy (non-hydrogen) atoms. The number of nitrogens with zero attached hydrogens (tertiary/aromatic N) is 2. The second-order valence-corrected chi connectivity index (χ2v) is 12.9. The number of aliphatic carboxylic acids is 2. The Balaban J connectivity index is 0.000000500. The third-order valence-electron chi connectivity index (χ3n) is 7.48. The first-order valence-corrected chi connectivity index (χ1v) is 16.2. The van der Waals surface area contributed by atoms with Crippen molar-refractivity contribution in [3.8, 4) is 10.6 Å². The highest BCUT2D eigenvalue weighted by Gasteiger charge is 2.39. The number of amides is 1. The monoisotopic (exact) mass is 742 g/mol. The van der Waals surface area contributed by atoms with E-state index in [1.54, 1.807) is 18.3 Å². The number of piperidine rings is 1. The maximum atomic E-state index is 13.1. The van der Waals surface area contributed by atoms with Crippen LogP contribution in [0, 0.1) is 12.8 Å². The number of alkyl halides is 6. The van der Waals surface area contributed by atoms with Gasteiger partial charge in [0.2, 0.25) is 5.91 Å². The molecule has 1 aromatic carbocycles. The Labute approximate surface area is 286 Å². The SMILES string of the molecule is CC(=O)CCCCC[C@H](NC(=O)C1CCN(C)CC1)c1ncc(-c2sc3ccc(Cl)cc3c2C)[nH]1.O=C(O)C(F)(F)F.O=C(O)C(F)(F)F. The second-order valence-electron chi connectivity index (χ2n) is 11.4. The van der Waals surface area contributed by atoms with Crippen LogP contribution >= 0.6 is 22.9 Å². The standard InChI is InChI=1S/C27H35ClN4O2S.2C2HF3O2/c1-17(33)7-5-4-6-8-22(31-27(34)19-11-13-32(3)14-12-19)26-29-16-23(30-26)25-18(2)21-15-20(28)9-10-24(21)35-25;2*3-2(4,5)1(6)7/h9-10,15-16,19,22H,4-8,11-14H2,1-3H3,(H,29,30)(H,31,34);2*(H,6,7)/t22-;;/m0../s1. The number of fused-ring (bicyclic) bond motifs is 1. The average Bonchev–Trinajstić information content (AvgIpc) is 3.61. The molecular formula is C31H37ClF6N4O6S. The molecule has 4 N–H and O–H groups in total. The van der Waals surface area contributed by atoms with Gasteiger partial charge in [0.25, 0.3) is 0 Å². The lowest BCUT2D eigenvalue weighted by Crippen LogP contribution is -2.40. The molecule has 1 fully saturated rings. The maximum Gasteiger partial charge on any atom is 0.490 e. The van der Waals surface area contributed by atoms with Crippen LogP contribution in [-0.4, -0.2) is 81.2 Å². The summed E-state index contributed by atoms with van der Waals surface area (Å²) in [5.41, 5.74) is 2.14. The first-order valence-electron chi connectivity index (χ1n) is 15.0. The van der Waals surface area contributed by atoms with E-state index >= 15 is 0 Å². The van der Waals surface area contributed by atoms with Crippen molar-refractivity contribution in [2.24, 2.45) is 5.92 Å². The van der Waals surface area contributed by atoms with Crippen molar-refractivity contribution < 1.29 is 55.7 Å². The molecule has 0 radical (unpaired) electrons. The van der Waals surface area contributed by atoms with Crippen molar-refractivity contribution in [1.29, 1.82) is 0 Å². The molecule has 1 saturated heterocycles. The lowest BCUT2D eigenvalue weighted by atomic mass is 9.95. The van der Waals surface area contributed by atoms with Gasteiger partial charge in [0.15, 0.2) is 0 Å². The minimum absolute atomic E-state index is 0.0513. The molecule has 1 atom stereocenters. The van der Waals surface area contributed by atoms with Crippen molar-refractivity contribution in [1.82, 2.24) is 20.2 Å². The Kier molecular flexibility index (Phi) is 15.5. The topological polar surface area (TPSA) is 153 Å². The van der Waals surface area contributed by atoms with Crippen LogP contribution in [0.25, 0.3) is 20.7 Å². The number of aromatic amines is 1. The van der Waals surface area contributed by atoms with E-state index in [0.717, 1.165) is 78.4 Å². The first kappa shape index (κ1) is 41.5. The number of aromatic nitrogens is 2. The van der Waals surface area contributed by atoms with E-state index in [9.17, 15) is 35.9 Å². The molecule has 4 rings (SSSR count). The Hall–Kier alpha value is -3.70. The minimum atomic E-state index is -5.08. The number of ketones is 1. The number of nitrogens with one attached hydrogen (secondary N) is 2. The predicted molar refractivity (Wildman–Crippen MR) is 171 cm³/mol. The molecule has 1 aliphatic rings. The maximum absolute atomic E-state index is 13.1. The van der Waals surface area contributed by atoms with Gasteiger partial charge in [-0.1, -0.05) is 24.4 Å². The highest BCUT2D eigenvalue weighted by atomic mass is 35.5. The third kappa shape index (κ3) is 13.6. The molecule has 3 aromatic rings. The zero-order valence-corrected chi connectivity index (χ0v) is 28.4. The number of halogens is 7. The molecule has 0 spiro atoms. The van der Waals surface area contributed by atoms with Crippen molar-refractivity contribution in [3.63, 3.8) is 0 Å².